The maximum absolute atomic E-state index is 11.8. The van der Waals surface area contributed by atoms with Gasteiger partial charge in [-0.15, -0.1) is 12.4 Å². The molecule has 0 fully saturated rings. The third kappa shape index (κ3) is 4.05. The molecule has 0 aliphatic rings. The van der Waals surface area contributed by atoms with E-state index < -0.39 is 22.8 Å². The largest absolute Gasteiger partial charge is 0.480 e. The Hall–Kier alpha value is -0.970. The SMILES string of the molecule is CC(C(=O)O)N(C(=O)C(Cl)Cl)c1ccccc1.Cl. The number of benzene rings is 1. The fourth-order valence-corrected chi connectivity index (χ4v) is 1.56. The van der Waals surface area contributed by atoms with E-state index >= 15 is 0 Å². The number of para-hydroxylation sites is 1. The number of carbonyl (C=O) groups is 2. The molecule has 1 unspecified atom stereocenters. The number of alkyl halides is 2. The smallest absolute Gasteiger partial charge is 0.326 e. The second-order valence-electron chi connectivity index (χ2n) is 3.36. The van der Waals surface area contributed by atoms with Gasteiger partial charge in [-0.3, -0.25) is 9.69 Å². The van der Waals surface area contributed by atoms with Crippen LogP contribution in [0.25, 0.3) is 0 Å². The quantitative estimate of drug-likeness (QED) is 0.870. The van der Waals surface area contributed by atoms with Gasteiger partial charge in [-0.25, -0.2) is 4.79 Å². The Morgan fingerprint density at radius 2 is 1.72 bits per heavy atom. The van der Waals surface area contributed by atoms with Crippen molar-refractivity contribution in [3.8, 4) is 0 Å². The van der Waals surface area contributed by atoms with Crippen molar-refractivity contribution in [2.75, 3.05) is 4.90 Å². The Bertz CT molecular complexity index is 411. The second-order valence-corrected chi connectivity index (χ2v) is 4.45. The molecule has 100 valence electrons. The third-order valence-corrected chi connectivity index (χ3v) is 2.58. The van der Waals surface area contributed by atoms with Crippen LogP contribution in [-0.4, -0.2) is 27.9 Å². The first-order valence-corrected chi connectivity index (χ1v) is 5.71. The Labute approximate surface area is 121 Å². The number of amides is 1. The topological polar surface area (TPSA) is 57.6 Å². The Kier molecular flexibility index (Phi) is 7.06. The number of aliphatic carboxylic acids is 1. The summed E-state index contributed by atoms with van der Waals surface area (Å²) in [4.78, 5) is 22.5. The molecule has 1 aromatic rings. The van der Waals surface area contributed by atoms with Gasteiger partial charge < -0.3 is 5.11 Å². The van der Waals surface area contributed by atoms with Gasteiger partial charge in [0.1, 0.15) is 6.04 Å². The molecule has 0 bridgehead atoms. The second kappa shape index (κ2) is 7.46. The predicted octanol–water partition coefficient (Wildman–Crippen LogP) is 2.72. The first kappa shape index (κ1) is 17.0. The van der Waals surface area contributed by atoms with Crippen molar-refractivity contribution in [1.82, 2.24) is 0 Å². The Morgan fingerprint density at radius 1 is 1.22 bits per heavy atom. The summed E-state index contributed by atoms with van der Waals surface area (Å²) in [5, 5.41) is 8.96. The molecular weight excluding hydrogens is 300 g/mol. The third-order valence-electron chi connectivity index (χ3n) is 2.20. The molecule has 1 atom stereocenters. The van der Waals surface area contributed by atoms with Crippen LogP contribution in [0.2, 0.25) is 0 Å². The molecule has 1 N–H and O–H groups in total. The van der Waals surface area contributed by atoms with Crippen molar-refractivity contribution in [2.45, 2.75) is 17.8 Å². The Morgan fingerprint density at radius 3 is 2.11 bits per heavy atom. The summed E-state index contributed by atoms with van der Waals surface area (Å²) in [5.41, 5.74) is 0.443. The highest BCUT2D eigenvalue weighted by Crippen LogP contribution is 2.20. The minimum atomic E-state index is -1.29. The first-order chi connectivity index (χ1) is 7.95. The number of anilines is 1. The summed E-state index contributed by atoms with van der Waals surface area (Å²) < 4.78 is 0. The number of nitrogens with zero attached hydrogens (tertiary/aromatic N) is 1. The van der Waals surface area contributed by atoms with Crippen molar-refractivity contribution in [3.63, 3.8) is 0 Å². The molecule has 4 nitrogen and oxygen atoms in total. The van der Waals surface area contributed by atoms with Crippen LogP contribution in [0.4, 0.5) is 5.69 Å². The summed E-state index contributed by atoms with van der Waals surface area (Å²) in [7, 11) is 0. The zero-order valence-corrected chi connectivity index (χ0v) is 11.7. The van der Waals surface area contributed by atoms with E-state index in [9.17, 15) is 9.59 Å². The number of hydrogen-bond acceptors (Lipinski definition) is 2. The maximum Gasteiger partial charge on any atom is 0.326 e. The zero-order chi connectivity index (χ0) is 13.0. The average molecular weight is 313 g/mol. The van der Waals surface area contributed by atoms with E-state index in [-0.39, 0.29) is 12.4 Å². The average Bonchev–Trinajstić information content (AvgIpc) is 2.30. The lowest BCUT2D eigenvalue weighted by Gasteiger charge is -2.27. The molecule has 0 heterocycles. The number of hydrogen-bond donors (Lipinski definition) is 1. The van der Waals surface area contributed by atoms with E-state index in [2.05, 4.69) is 0 Å². The van der Waals surface area contributed by atoms with Gasteiger partial charge in [-0.1, -0.05) is 41.4 Å². The highest BCUT2D eigenvalue weighted by atomic mass is 35.5. The number of carboxylic acid groups (broad SMARTS) is 1. The fraction of sp³-hybridized carbons (Fsp3) is 0.273. The minimum absolute atomic E-state index is 0. The van der Waals surface area contributed by atoms with Crippen LogP contribution in [0.3, 0.4) is 0 Å². The molecule has 0 aromatic heterocycles. The van der Waals surface area contributed by atoms with E-state index in [1.807, 2.05) is 0 Å². The van der Waals surface area contributed by atoms with Crippen molar-refractivity contribution in [3.05, 3.63) is 30.3 Å². The van der Waals surface area contributed by atoms with Crippen LogP contribution >= 0.6 is 35.6 Å². The van der Waals surface area contributed by atoms with Crippen LogP contribution in [0.15, 0.2) is 30.3 Å². The predicted molar refractivity (Wildman–Crippen MR) is 73.8 cm³/mol. The molecule has 1 aromatic carbocycles. The molecule has 0 spiro atoms. The number of carboxylic acids is 1. The molecule has 0 radical (unpaired) electrons. The van der Waals surface area contributed by atoms with Gasteiger partial charge in [-0.05, 0) is 19.1 Å². The summed E-state index contributed by atoms with van der Waals surface area (Å²) in [5.74, 6) is -1.79. The molecule has 1 amide bonds. The van der Waals surface area contributed by atoms with Gasteiger partial charge in [0.15, 0.2) is 4.84 Å². The number of halogens is 3. The van der Waals surface area contributed by atoms with Crippen molar-refractivity contribution >= 4 is 53.2 Å². The van der Waals surface area contributed by atoms with Crippen molar-refractivity contribution < 1.29 is 14.7 Å². The van der Waals surface area contributed by atoms with E-state index in [0.717, 1.165) is 4.90 Å². The van der Waals surface area contributed by atoms with Gasteiger partial charge in [0.2, 0.25) is 0 Å². The monoisotopic (exact) mass is 311 g/mol. The van der Waals surface area contributed by atoms with Gasteiger partial charge >= 0.3 is 5.97 Å². The molecule has 0 aliphatic heterocycles. The van der Waals surface area contributed by atoms with E-state index in [0.29, 0.717) is 5.69 Å². The number of rotatable bonds is 4. The molecule has 0 saturated heterocycles. The summed E-state index contributed by atoms with van der Waals surface area (Å²) in [6, 6.07) is 7.35. The van der Waals surface area contributed by atoms with Crippen molar-refractivity contribution in [2.24, 2.45) is 0 Å². The van der Waals surface area contributed by atoms with Gasteiger partial charge in [0.05, 0.1) is 0 Å². The lowest BCUT2D eigenvalue weighted by Crippen LogP contribution is -2.45. The molecule has 0 saturated carbocycles. The summed E-state index contributed by atoms with van der Waals surface area (Å²) >= 11 is 11.0. The fourth-order valence-electron chi connectivity index (χ4n) is 1.35. The van der Waals surface area contributed by atoms with E-state index in [4.69, 9.17) is 28.3 Å². The van der Waals surface area contributed by atoms with Gasteiger partial charge in [-0.2, -0.15) is 0 Å². The normalized spacial score (nSPS) is 11.6. The molecular formula is C11H12Cl3NO3. The molecule has 0 aliphatic carbocycles. The van der Waals surface area contributed by atoms with Gasteiger partial charge in [0, 0.05) is 5.69 Å². The van der Waals surface area contributed by atoms with Gasteiger partial charge in [0.25, 0.3) is 5.91 Å². The molecule has 1 rings (SSSR count). The highest BCUT2D eigenvalue weighted by Gasteiger charge is 2.30. The lowest BCUT2D eigenvalue weighted by molar-refractivity contribution is -0.139. The Balaban J connectivity index is 0.00000289. The van der Waals surface area contributed by atoms with Crippen LogP contribution in [-0.2, 0) is 9.59 Å². The zero-order valence-electron chi connectivity index (χ0n) is 9.42. The molecule has 18 heavy (non-hydrogen) atoms. The van der Waals surface area contributed by atoms with E-state index in [1.54, 1.807) is 30.3 Å². The van der Waals surface area contributed by atoms with Crippen LogP contribution < -0.4 is 4.90 Å². The lowest BCUT2D eigenvalue weighted by atomic mass is 10.2. The maximum atomic E-state index is 11.8. The van der Waals surface area contributed by atoms with Crippen LogP contribution in [0.1, 0.15) is 6.92 Å². The number of carbonyl (C=O) groups excluding carboxylic acids is 1. The van der Waals surface area contributed by atoms with Crippen LogP contribution in [0.5, 0.6) is 0 Å². The minimum Gasteiger partial charge on any atom is -0.480 e. The summed E-state index contributed by atoms with van der Waals surface area (Å²) in [6.45, 7) is 1.39. The highest BCUT2D eigenvalue weighted by molar-refractivity contribution is 6.54. The van der Waals surface area contributed by atoms with Crippen LogP contribution in [0, 0.1) is 0 Å². The standard InChI is InChI=1S/C11H11Cl2NO3.ClH/c1-7(11(16)17)14(10(15)9(12)13)8-5-3-2-4-6-8;/h2-7,9H,1H3,(H,16,17);1H. The summed E-state index contributed by atoms with van der Waals surface area (Å²) in [6.07, 6.45) is 0. The van der Waals surface area contributed by atoms with E-state index in [1.165, 1.54) is 6.92 Å². The van der Waals surface area contributed by atoms with Crippen molar-refractivity contribution in [1.29, 1.82) is 0 Å². The first-order valence-electron chi connectivity index (χ1n) is 4.84. The molecule has 7 heteroatoms.